The van der Waals surface area contributed by atoms with Gasteiger partial charge in [0.05, 0.1) is 65.1 Å². The lowest BCUT2D eigenvalue weighted by Gasteiger charge is -2.58. The van der Waals surface area contributed by atoms with Crippen LogP contribution in [0.1, 0.15) is 91.9 Å². The van der Waals surface area contributed by atoms with Crippen molar-refractivity contribution in [2.45, 2.75) is 113 Å². The number of fused-ring (bicyclic) bond motifs is 5. The van der Waals surface area contributed by atoms with Crippen LogP contribution in [-0.4, -0.2) is 142 Å². The normalized spacial score (nSPS) is 23.7. The second-order valence-electron chi connectivity index (χ2n) is 24.0. The van der Waals surface area contributed by atoms with Gasteiger partial charge in [0.25, 0.3) is 21.6 Å². The van der Waals surface area contributed by atoms with Gasteiger partial charge in [0.15, 0.2) is 11.4 Å². The van der Waals surface area contributed by atoms with E-state index in [4.69, 9.17) is 38.4 Å². The molecule has 3 N–H and O–H groups in total. The lowest BCUT2D eigenvalue weighted by atomic mass is 9.59. The Kier molecular flexibility index (Phi) is 14.1. The molecule has 14 rings (SSSR count). The van der Waals surface area contributed by atoms with Gasteiger partial charge in [-0.1, -0.05) is 18.2 Å². The first-order valence-corrected chi connectivity index (χ1v) is 30.9. The molecule has 10 heterocycles. The number of H-pyrrole nitrogens is 1. The summed E-state index contributed by atoms with van der Waals surface area (Å²) in [6, 6.07) is 22.5. The van der Waals surface area contributed by atoms with Crippen LogP contribution in [-0.2, 0) is 37.3 Å². The standard InChI is InChI=1S/C61H70N10O11S/c1-37(2)81-53-6-4-3-5-45(53)52-33-68(56-26-39-12-23-78-34-41(39)32-63-56)19-20-69(52)43-30-61(31-43)14-17-67(18-15-61)42-7-8-46(49(27-42)70-48-13-24-79-36-55(48)82-60-51(70)25-40-9-16-62-58(40)65-60)59(72)66-83(75,76)44-28-50(71(73)74)57-54(29-44)80-35-47(64-57)38-10-21-77-22-11-38/h3-9,16,25-29,32,37-38,43,47-48,52,55,64H,10-15,17-24,30-31,33-36H2,1-2H3,(H,62,65)(H,66,72)/t47-,48-,52-,55-/m0/s1. The van der Waals surface area contributed by atoms with Crippen LogP contribution in [0.15, 0.2) is 90.1 Å². The van der Waals surface area contributed by atoms with Crippen LogP contribution in [0.25, 0.3) is 11.0 Å². The second kappa shape index (κ2) is 21.7. The highest BCUT2D eigenvalue weighted by Crippen LogP contribution is 2.54. The molecule has 1 aliphatic carbocycles. The Bertz CT molecular complexity index is 3580. The van der Waals surface area contributed by atoms with Gasteiger partial charge in [-0.2, -0.15) is 4.98 Å². The third-order valence-electron chi connectivity index (χ3n) is 18.7. The molecule has 4 saturated heterocycles. The number of sulfonamides is 1. The summed E-state index contributed by atoms with van der Waals surface area (Å²) < 4.78 is 67.6. The van der Waals surface area contributed by atoms with E-state index in [0.29, 0.717) is 61.8 Å². The van der Waals surface area contributed by atoms with Crippen molar-refractivity contribution < 1.29 is 46.6 Å². The summed E-state index contributed by atoms with van der Waals surface area (Å²) in [7, 11) is -4.72. The molecule has 21 nitrogen and oxygen atoms in total. The summed E-state index contributed by atoms with van der Waals surface area (Å²) in [5, 5.41) is 16.7. The van der Waals surface area contributed by atoms with Gasteiger partial charge in [-0.25, -0.2) is 18.1 Å². The molecule has 4 atom stereocenters. The summed E-state index contributed by atoms with van der Waals surface area (Å²) in [6.45, 7) is 11.7. The van der Waals surface area contributed by atoms with E-state index in [-0.39, 0.29) is 65.8 Å². The van der Waals surface area contributed by atoms with Crippen LogP contribution in [0.2, 0.25) is 0 Å². The van der Waals surface area contributed by atoms with E-state index < -0.39 is 37.5 Å². The highest BCUT2D eigenvalue weighted by molar-refractivity contribution is 7.90. The summed E-state index contributed by atoms with van der Waals surface area (Å²) in [4.78, 5) is 49.1. The smallest absolute Gasteiger partial charge is 0.297 e. The number of para-hydroxylation sites is 1. The van der Waals surface area contributed by atoms with Crippen LogP contribution >= 0.6 is 0 Å². The van der Waals surface area contributed by atoms with Gasteiger partial charge in [-0.15, -0.1) is 0 Å². The fourth-order valence-electron chi connectivity index (χ4n) is 14.3. The zero-order valence-corrected chi connectivity index (χ0v) is 47.6. The number of amides is 1. The number of nitro groups is 1. The Morgan fingerprint density at radius 3 is 2.55 bits per heavy atom. The lowest BCUT2D eigenvalue weighted by molar-refractivity contribution is -0.384. The SMILES string of the molecule is CC(C)Oc1ccccc1[C@@H]1CN(c2cc3c(cn2)COCC3)CCN1C1CC2(CCN(c3ccc(C(=O)NS(=O)(=O)c4cc5c(c([N+](=O)[O-])c4)N[C@H](C4CCOCC4)CO5)c(N4c5cc6cc[nH]c6nc5O[C@H]5COCC[C@@H]54)c3)CC2)C1. The molecular weight excluding hydrogens is 1080 g/mol. The molecule has 1 spiro atoms. The minimum Gasteiger partial charge on any atom is -0.491 e. The Morgan fingerprint density at radius 1 is 0.892 bits per heavy atom. The number of nitrogens with one attached hydrogen (secondary N) is 3. The van der Waals surface area contributed by atoms with Crippen LogP contribution in [0.3, 0.4) is 0 Å². The van der Waals surface area contributed by atoms with E-state index in [2.05, 4.69) is 78.8 Å². The number of hydrogen-bond acceptors (Lipinski definition) is 18. The van der Waals surface area contributed by atoms with Gasteiger partial charge in [0.2, 0.25) is 5.88 Å². The lowest BCUT2D eigenvalue weighted by Crippen LogP contribution is -2.60. The fourth-order valence-corrected chi connectivity index (χ4v) is 15.3. The molecule has 0 radical (unpaired) electrons. The minimum atomic E-state index is -4.72. The molecule has 3 aromatic heterocycles. The van der Waals surface area contributed by atoms with E-state index in [0.717, 1.165) is 113 Å². The molecule has 22 heteroatoms. The first kappa shape index (κ1) is 53.7. The maximum Gasteiger partial charge on any atom is 0.297 e. The van der Waals surface area contributed by atoms with Crippen molar-refractivity contribution in [3.8, 4) is 17.4 Å². The van der Waals surface area contributed by atoms with Crippen molar-refractivity contribution in [1.29, 1.82) is 0 Å². The number of aromatic amines is 1. The highest BCUT2D eigenvalue weighted by Gasteiger charge is 2.51. The summed E-state index contributed by atoms with van der Waals surface area (Å²) in [6.07, 6.45) is 10.5. The first-order chi connectivity index (χ1) is 40.3. The number of ether oxygens (including phenoxy) is 6. The predicted octanol–water partition coefficient (Wildman–Crippen LogP) is 8.44. The summed E-state index contributed by atoms with van der Waals surface area (Å²) in [5.41, 5.74) is 6.24. The Balaban J connectivity index is 0.739. The third kappa shape index (κ3) is 10.2. The molecule has 7 aliphatic heterocycles. The molecule has 1 amide bonds. The molecule has 1 saturated carbocycles. The maximum absolute atomic E-state index is 15.0. The van der Waals surface area contributed by atoms with Crippen LogP contribution < -0.4 is 38.9 Å². The van der Waals surface area contributed by atoms with Crippen molar-refractivity contribution in [3.05, 3.63) is 118 Å². The van der Waals surface area contributed by atoms with Crippen molar-refractivity contribution >= 4 is 61.2 Å². The van der Waals surface area contributed by atoms with Gasteiger partial charge >= 0.3 is 0 Å². The molecular formula is C61H70N10O11S. The average molecular weight is 1150 g/mol. The van der Waals surface area contributed by atoms with E-state index in [9.17, 15) is 23.3 Å². The Morgan fingerprint density at radius 2 is 1.72 bits per heavy atom. The van der Waals surface area contributed by atoms with Crippen molar-refractivity contribution in [3.63, 3.8) is 0 Å². The van der Waals surface area contributed by atoms with Gasteiger partial charge < -0.3 is 53.4 Å². The largest absolute Gasteiger partial charge is 0.491 e. The topological polar surface area (TPSA) is 228 Å². The summed E-state index contributed by atoms with van der Waals surface area (Å²) in [5.74, 6) is 1.59. The Hall–Kier alpha value is -7.24. The zero-order valence-electron chi connectivity index (χ0n) is 46.8. The van der Waals surface area contributed by atoms with Crippen molar-refractivity contribution in [2.24, 2.45) is 11.3 Å². The minimum absolute atomic E-state index is 0.0241. The number of benzene rings is 3. The number of piperazine rings is 1. The van der Waals surface area contributed by atoms with Gasteiger partial charge in [0, 0.05) is 99.7 Å². The third-order valence-corrected chi connectivity index (χ3v) is 20.0. The number of piperidine rings is 1. The van der Waals surface area contributed by atoms with Crippen LogP contribution in [0.4, 0.5) is 34.3 Å². The molecule has 0 unspecified atom stereocenters. The number of carbonyl (C=O) groups is 1. The van der Waals surface area contributed by atoms with Crippen molar-refractivity contribution in [2.75, 3.05) is 92.4 Å². The van der Waals surface area contributed by atoms with Gasteiger partial charge in [-0.05, 0) is 130 Å². The predicted molar refractivity (Wildman–Crippen MR) is 311 cm³/mol. The summed E-state index contributed by atoms with van der Waals surface area (Å²) >= 11 is 0. The Labute approximate surface area is 482 Å². The maximum atomic E-state index is 15.0. The van der Waals surface area contributed by atoms with Gasteiger partial charge in [0.1, 0.15) is 35.6 Å². The molecule has 0 bridgehead atoms. The highest BCUT2D eigenvalue weighted by atomic mass is 32.2. The molecule has 5 fully saturated rings. The fraction of sp³-hybridized carbons (Fsp3) is 0.492. The van der Waals surface area contributed by atoms with E-state index in [1.807, 2.05) is 36.7 Å². The van der Waals surface area contributed by atoms with E-state index in [1.54, 1.807) is 6.07 Å². The number of anilines is 5. The number of nitro benzene ring substituents is 1. The molecule has 6 aromatic rings. The molecule has 436 valence electrons. The quantitative estimate of drug-likeness (QED) is 0.0771. The molecule has 83 heavy (non-hydrogen) atoms. The number of carbonyl (C=O) groups excluding carboxylic acids is 1. The second-order valence-corrected chi connectivity index (χ2v) is 25.7. The number of aromatic nitrogens is 3. The van der Waals surface area contributed by atoms with E-state index in [1.165, 1.54) is 22.8 Å². The van der Waals surface area contributed by atoms with Gasteiger partial charge in [-0.3, -0.25) is 19.8 Å². The average Bonchev–Trinajstić information content (AvgIpc) is 3.80. The zero-order chi connectivity index (χ0) is 56.6. The first-order valence-electron chi connectivity index (χ1n) is 29.4. The number of nitrogens with zero attached hydrogens (tertiary/aromatic N) is 7. The van der Waals surface area contributed by atoms with Crippen molar-refractivity contribution in [1.82, 2.24) is 24.6 Å². The van der Waals surface area contributed by atoms with Crippen LogP contribution in [0, 0.1) is 21.4 Å². The number of rotatable bonds is 12. The van der Waals surface area contributed by atoms with Crippen LogP contribution in [0.5, 0.6) is 17.4 Å². The molecule has 3 aromatic carbocycles. The monoisotopic (exact) mass is 1150 g/mol. The number of hydrogen-bond donors (Lipinski definition) is 3. The molecule has 8 aliphatic rings. The van der Waals surface area contributed by atoms with E-state index >= 15 is 0 Å². The number of pyridine rings is 2.